The van der Waals surface area contributed by atoms with Gasteiger partial charge in [-0.25, -0.2) is 14.4 Å². The predicted octanol–water partition coefficient (Wildman–Crippen LogP) is 31.8. The smallest absolute Gasteiger partial charge is 0.343 e. The highest BCUT2D eigenvalue weighted by Gasteiger charge is 2.41. The number of aryl methyl sites for hydroxylation is 3. The summed E-state index contributed by atoms with van der Waals surface area (Å²) in [6.07, 6.45) is 0. The van der Waals surface area contributed by atoms with Gasteiger partial charge in [0, 0.05) is 73.3 Å². The molecule has 0 amide bonds. The van der Waals surface area contributed by atoms with Gasteiger partial charge in [-0.05, 0) is 338 Å². The van der Waals surface area contributed by atoms with E-state index in [2.05, 4.69) is 314 Å². The van der Waals surface area contributed by atoms with E-state index >= 15 is 0 Å². The Kier molecular flexibility index (Phi) is 23.0. The average molecular weight is 1820 g/mol. The van der Waals surface area contributed by atoms with Crippen molar-refractivity contribution in [3.63, 3.8) is 0 Å². The molecule has 3 aliphatic carbocycles. The summed E-state index contributed by atoms with van der Waals surface area (Å²) in [5.41, 5.74) is 34.7. The molecular weight excluding hydrogens is 1710 g/mol. The van der Waals surface area contributed by atoms with E-state index in [0.29, 0.717) is 33.9 Å². The van der Waals surface area contributed by atoms with Crippen LogP contribution in [0.25, 0.3) is 66.8 Å². The summed E-state index contributed by atoms with van der Waals surface area (Å²) in [4.78, 5) is 51.2. The second kappa shape index (κ2) is 36.1. The lowest BCUT2D eigenvalue weighted by Crippen LogP contribution is -2.17. The largest absolute Gasteiger partial charge is 0.497 e. The van der Waals surface area contributed by atoms with Crippen LogP contribution in [-0.4, -0.2) is 39.2 Å². The molecule has 12 nitrogen and oxygen atoms in total. The topological polar surface area (TPSA) is 116 Å². The quantitative estimate of drug-likeness (QED) is 0.0326. The lowest BCUT2D eigenvalue weighted by atomic mass is 9.82. The van der Waals surface area contributed by atoms with Crippen LogP contribution in [0.4, 0.5) is 51.2 Å². The molecule has 0 aromatic heterocycles. The number of hydrogen-bond acceptors (Lipinski definition) is 12. The Morgan fingerprint density at radius 3 is 0.655 bits per heavy atom. The van der Waals surface area contributed by atoms with Gasteiger partial charge in [-0.3, -0.25) is 0 Å². The summed E-state index contributed by atoms with van der Waals surface area (Å²) < 4.78 is 36.3. The van der Waals surface area contributed by atoms with Crippen LogP contribution < -0.4 is 43.1 Å². The van der Waals surface area contributed by atoms with Gasteiger partial charge in [0.15, 0.2) is 0 Å². The van der Waals surface area contributed by atoms with E-state index in [1.807, 2.05) is 146 Å². The second-order valence-electron chi connectivity index (χ2n) is 38.0. The maximum atomic E-state index is 14.9. The van der Waals surface area contributed by atoms with Gasteiger partial charge >= 0.3 is 17.9 Å². The first-order valence-corrected chi connectivity index (χ1v) is 47.1. The molecule has 21 rings (SSSR count). The van der Waals surface area contributed by atoms with E-state index in [0.717, 1.165) is 135 Å². The Morgan fingerprint density at radius 2 is 0.417 bits per heavy atom. The number of carbonyl (C=O) groups excluding carboxylic acids is 3. The number of methoxy groups -OCH3 is 3. The van der Waals surface area contributed by atoms with Crippen molar-refractivity contribution in [2.45, 2.75) is 84.5 Å². The maximum Gasteiger partial charge on any atom is 0.343 e. The monoisotopic (exact) mass is 1810 g/mol. The minimum absolute atomic E-state index is 0.335. The normalized spacial score (nSPS) is 12.9. The van der Waals surface area contributed by atoms with Gasteiger partial charge in [0.2, 0.25) is 0 Å². The summed E-state index contributed by atoms with van der Waals surface area (Å²) in [5.74, 6) is 1.37. The molecule has 680 valence electrons. The fourth-order valence-electron chi connectivity index (χ4n) is 20.5. The van der Waals surface area contributed by atoms with Gasteiger partial charge in [-0.1, -0.05) is 258 Å². The average Bonchev–Trinajstić information content (AvgIpc) is 1.55. The number of benzene rings is 18. The Hall–Kier alpha value is -16.8. The molecule has 0 saturated carbocycles. The first-order valence-electron chi connectivity index (χ1n) is 47.1. The highest BCUT2D eigenvalue weighted by molar-refractivity contribution is 5.98. The van der Waals surface area contributed by atoms with Crippen molar-refractivity contribution >= 4 is 69.1 Å². The summed E-state index contributed by atoms with van der Waals surface area (Å²) in [6.45, 7) is 19.8. The van der Waals surface area contributed by atoms with Crippen LogP contribution in [0.5, 0.6) is 34.5 Å². The zero-order chi connectivity index (χ0) is 95.7. The number of anilines is 9. The highest BCUT2D eigenvalue weighted by Crippen LogP contribution is 2.56. The van der Waals surface area contributed by atoms with Gasteiger partial charge in [0.25, 0.3) is 0 Å². The number of esters is 3. The second-order valence-corrected chi connectivity index (χ2v) is 38.0. The highest BCUT2D eigenvalue weighted by atomic mass is 16.5. The van der Waals surface area contributed by atoms with E-state index in [1.165, 1.54) is 66.8 Å². The minimum Gasteiger partial charge on any atom is -0.497 e. The van der Waals surface area contributed by atoms with Gasteiger partial charge in [-0.2, -0.15) is 0 Å². The summed E-state index contributed by atoms with van der Waals surface area (Å²) in [5, 5.41) is 0. The molecule has 0 radical (unpaired) electrons. The van der Waals surface area contributed by atoms with Crippen molar-refractivity contribution in [3.05, 3.63) is 484 Å². The lowest BCUT2D eigenvalue weighted by Gasteiger charge is -2.28. The Balaban J connectivity index is 0.587. The van der Waals surface area contributed by atoms with E-state index in [1.54, 1.807) is 39.5 Å². The van der Waals surface area contributed by atoms with Crippen molar-refractivity contribution in [2.24, 2.45) is 0 Å². The molecule has 18 aromatic carbocycles. The van der Waals surface area contributed by atoms with Crippen molar-refractivity contribution in [1.82, 2.24) is 0 Å². The zero-order valence-electron chi connectivity index (χ0n) is 79.7. The Morgan fingerprint density at radius 1 is 0.216 bits per heavy atom. The molecule has 0 N–H and O–H groups in total. The maximum absolute atomic E-state index is 14.9. The molecule has 0 bridgehead atoms. The van der Waals surface area contributed by atoms with Crippen LogP contribution >= 0.6 is 0 Å². The lowest BCUT2D eigenvalue weighted by molar-refractivity contribution is 0.0725. The van der Waals surface area contributed by atoms with Crippen molar-refractivity contribution < 1.29 is 42.8 Å². The predicted molar refractivity (Wildman–Crippen MR) is 561 cm³/mol. The molecule has 3 aliphatic rings. The molecule has 18 aromatic rings. The van der Waals surface area contributed by atoms with Crippen molar-refractivity contribution in [3.8, 4) is 101 Å². The number of carbonyl (C=O) groups is 3. The number of rotatable bonds is 24. The van der Waals surface area contributed by atoms with E-state index in [-0.39, 0.29) is 16.2 Å². The number of hydrogen-bond donors (Lipinski definition) is 0. The molecule has 0 fully saturated rings. The fraction of sp³-hybridized carbons (Fsp3) is 0.126. The molecule has 0 aliphatic heterocycles. The zero-order valence-corrected chi connectivity index (χ0v) is 79.7. The van der Waals surface area contributed by atoms with Gasteiger partial charge in [-0.15, -0.1) is 0 Å². The minimum atomic E-state index is -0.537. The van der Waals surface area contributed by atoms with Crippen molar-refractivity contribution in [2.75, 3.05) is 36.0 Å². The van der Waals surface area contributed by atoms with Crippen molar-refractivity contribution in [1.29, 1.82) is 0 Å². The number of nitrogens with zero attached hydrogens (tertiary/aromatic N) is 3. The SMILES string of the molecule is COc1ccc2c(c1)C(C)(C)c1cc(N(c3ccc(-c4ccc(C)cc4)cc3)c3cccc(C(=O)Oc4ccc(C(c5ccc(OC(=O)c6cccc(N(c7ccc(-c8ccc(C)cc8)cc7)c7ccc8c(c7)C(C)(C)c7cc(OC)ccc7-8)c6)cc5)c5ccc(OC(=O)c6cccc(N(c7ccc(-c8ccc(C)cc8)cc7)c7ccc8c(c7)C(C)(C)c7cc(OC)ccc7-8)c6)cc5)cc4)c3)ccc1-2. The molecule has 12 heteroatoms. The molecule has 0 spiro atoms. The summed E-state index contributed by atoms with van der Waals surface area (Å²) in [6, 6.07) is 136. The van der Waals surface area contributed by atoms with Gasteiger partial charge in [0.1, 0.15) is 34.5 Å². The molecule has 0 heterocycles. The van der Waals surface area contributed by atoms with Crippen LogP contribution in [0, 0.1) is 20.8 Å². The molecule has 0 atom stereocenters. The van der Waals surface area contributed by atoms with Gasteiger partial charge in [0.05, 0.1) is 38.0 Å². The third kappa shape index (κ3) is 16.9. The van der Waals surface area contributed by atoms with E-state index < -0.39 is 23.8 Å². The fourth-order valence-corrected chi connectivity index (χ4v) is 20.5. The number of fused-ring (bicyclic) bond motifs is 9. The van der Waals surface area contributed by atoms with Crippen LogP contribution in [0.15, 0.2) is 400 Å². The summed E-state index contributed by atoms with van der Waals surface area (Å²) in [7, 11) is 5.11. The molecular formula is C127H103N3O9. The first-order chi connectivity index (χ1) is 67.4. The third-order valence-corrected chi connectivity index (χ3v) is 28.2. The van der Waals surface area contributed by atoms with Crippen LogP contribution in [0.3, 0.4) is 0 Å². The number of ether oxygens (including phenoxy) is 6. The molecule has 0 unspecified atom stereocenters. The van der Waals surface area contributed by atoms with Crippen LogP contribution in [-0.2, 0) is 16.2 Å². The summed E-state index contributed by atoms with van der Waals surface area (Å²) >= 11 is 0. The Labute approximate surface area is 812 Å². The standard InChI is InChI=1S/C127H103N3O9/c1-79-22-28-82(29-23-79)85-34-46-94(47-35-85)128(100-52-64-109-112-67-61-106(134-10)76-118(112)125(4,5)115(109)73-100)97-19-13-16-91(70-97)122(131)137-103-55-40-88(41-56-103)121(89-42-57-104(58-43-89)138-123(132)92-17-14-20-98(71-92)129(95-48-36-86(37-49-95)83-30-24-80(2)25-31-83)101-53-65-110-113-68-62-107(135-11)77-119(113)126(6,7)116(110)74-101)90-44-59-105(60-45-90)139-124(133)93-18-15-21-99(72-93)130(96-50-38-87(39-51-96)84-32-26-81(3)27-33-84)102-54-66-111-114-69-63-108(136-12)78-120(114)127(8,9)117(111)75-102/h13-78,121H,1-12H3. The van der Waals surface area contributed by atoms with Crippen LogP contribution in [0.2, 0.25) is 0 Å². The van der Waals surface area contributed by atoms with E-state index in [4.69, 9.17) is 28.4 Å². The third-order valence-electron chi connectivity index (χ3n) is 28.2. The van der Waals surface area contributed by atoms with Crippen LogP contribution in [0.1, 0.15) is 145 Å². The Bertz CT molecular complexity index is 7060. The van der Waals surface area contributed by atoms with E-state index in [9.17, 15) is 14.4 Å². The molecule has 139 heavy (non-hydrogen) atoms. The van der Waals surface area contributed by atoms with Gasteiger partial charge < -0.3 is 43.1 Å². The first kappa shape index (κ1) is 88.7. The molecule has 0 saturated heterocycles.